The molecule has 0 fully saturated rings. The Morgan fingerprint density at radius 3 is 2.71 bits per heavy atom. The topological polar surface area (TPSA) is 74.8 Å². The predicted octanol–water partition coefficient (Wildman–Crippen LogP) is 4.84. The summed E-state index contributed by atoms with van der Waals surface area (Å²) >= 11 is 4.90. The van der Waals surface area contributed by atoms with Gasteiger partial charge < -0.3 is 14.0 Å². The van der Waals surface area contributed by atoms with Gasteiger partial charge in [-0.25, -0.2) is 9.79 Å². The number of hydrogen-bond acceptors (Lipinski definition) is 6. The zero-order chi connectivity index (χ0) is 27.0. The molecule has 4 aromatic rings. The fraction of sp³-hybridized carbons (Fsp3) is 0.276. The molecule has 2 aromatic heterocycles. The minimum Gasteiger partial charge on any atom is -0.496 e. The van der Waals surface area contributed by atoms with Gasteiger partial charge in [0.15, 0.2) is 4.80 Å². The first-order valence-electron chi connectivity index (χ1n) is 12.5. The van der Waals surface area contributed by atoms with Crippen molar-refractivity contribution in [1.82, 2.24) is 9.13 Å². The Morgan fingerprint density at radius 2 is 2.00 bits per heavy atom. The zero-order valence-electron chi connectivity index (χ0n) is 21.7. The van der Waals surface area contributed by atoms with E-state index < -0.39 is 12.0 Å². The highest BCUT2D eigenvalue weighted by molar-refractivity contribution is 9.10. The molecule has 0 N–H and O–H groups in total. The molecule has 1 aliphatic rings. The number of rotatable bonds is 7. The second-order valence-electron chi connectivity index (χ2n) is 9.02. The third-order valence-electron chi connectivity index (χ3n) is 6.60. The van der Waals surface area contributed by atoms with Crippen LogP contribution in [-0.4, -0.2) is 28.8 Å². The Kier molecular flexibility index (Phi) is 7.40. The van der Waals surface area contributed by atoms with E-state index in [1.807, 2.05) is 67.2 Å². The molecule has 0 saturated heterocycles. The third-order valence-corrected chi connectivity index (χ3v) is 8.20. The summed E-state index contributed by atoms with van der Waals surface area (Å²) in [5, 5.41) is 1.07. The lowest BCUT2D eigenvalue weighted by Gasteiger charge is -2.26. The van der Waals surface area contributed by atoms with E-state index in [0.717, 1.165) is 32.9 Å². The third kappa shape index (κ3) is 4.54. The van der Waals surface area contributed by atoms with Crippen LogP contribution in [0.25, 0.3) is 17.0 Å². The summed E-state index contributed by atoms with van der Waals surface area (Å²) in [4.78, 5) is 32.8. The molecule has 5 rings (SSSR count). The largest absolute Gasteiger partial charge is 0.496 e. The van der Waals surface area contributed by atoms with Gasteiger partial charge in [-0.15, -0.1) is 0 Å². The van der Waals surface area contributed by atoms with Gasteiger partial charge >= 0.3 is 5.97 Å². The second kappa shape index (κ2) is 10.7. The summed E-state index contributed by atoms with van der Waals surface area (Å²) in [5.41, 5.74) is 3.66. The van der Waals surface area contributed by atoms with Crippen LogP contribution in [0.1, 0.15) is 43.9 Å². The first-order chi connectivity index (χ1) is 18.4. The standard InChI is InChI=1S/C29H28BrN3O4S/c1-5-9-21-25(28(35)37-6-2)26(17-12-13-23(36-4)20(30)14-17)33-27(34)24(38-29(33)31-21)15-18-16-32(3)22-11-8-7-10-19(18)22/h7-8,10-16,26H,5-6,9H2,1-4H3/b24-15+. The Morgan fingerprint density at radius 1 is 1.21 bits per heavy atom. The number of carbonyl (C=O) groups is 1. The van der Waals surface area contributed by atoms with E-state index in [0.29, 0.717) is 32.8 Å². The molecule has 1 aliphatic heterocycles. The Bertz CT molecular complexity index is 1760. The number of esters is 1. The zero-order valence-corrected chi connectivity index (χ0v) is 24.1. The molecule has 0 aliphatic carbocycles. The van der Waals surface area contributed by atoms with Crippen LogP contribution in [0.2, 0.25) is 0 Å². The maximum atomic E-state index is 14.0. The van der Waals surface area contributed by atoms with Crippen molar-refractivity contribution in [3.63, 3.8) is 0 Å². The van der Waals surface area contributed by atoms with Gasteiger partial charge in [0.25, 0.3) is 5.56 Å². The van der Waals surface area contributed by atoms with Gasteiger partial charge in [-0.2, -0.15) is 0 Å². The van der Waals surface area contributed by atoms with Crippen LogP contribution in [0, 0.1) is 0 Å². The number of para-hydroxylation sites is 1. The second-order valence-corrected chi connectivity index (χ2v) is 10.9. The molecule has 0 amide bonds. The fourth-order valence-electron chi connectivity index (χ4n) is 4.92. The van der Waals surface area contributed by atoms with Gasteiger partial charge in [-0.05, 0) is 59.1 Å². The van der Waals surface area contributed by atoms with Crippen LogP contribution >= 0.6 is 27.3 Å². The van der Waals surface area contributed by atoms with Crippen molar-refractivity contribution in [3.8, 4) is 5.75 Å². The number of hydrogen-bond donors (Lipinski definition) is 0. The van der Waals surface area contributed by atoms with E-state index in [2.05, 4.69) is 22.0 Å². The van der Waals surface area contributed by atoms with E-state index in [-0.39, 0.29) is 12.2 Å². The van der Waals surface area contributed by atoms with Crippen molar-refractivity contribution in [2.24, 2.45) is 12.0 Å². The van der Waals surface area contributed by atoms with E-state index in [1.165, 1.54) is 11.3 Å². The predicted molar refractivity (Wildman–Crippen MR) is 153 cm³/mol. The van der Waals surface area contributed by atoms with Crippen molar-refractivity contribution in [2.75, 3.05) is 13.7 Å². The number of carbonyl (C=O) groups excluding carboxylic acids is 1. The molecule has 0 spiro atoms. The summed E-state index contributed by atoms with van der Waals surface area (Å²) < 4.78 is 15.9. The minimum absolute atomic E-state index is 0.198. The Balaban J connectivity index is 1.78. The number of aromatic nitrogens is 2. The summed E-state index contributed by atoms with van der Waals surface area (Å²) in [5.74, 6) is 0.201. The maximum absolute atomic E-state index is 14.0. The average molecular weight is 595 g/mol. The lowest BCUT2D eigenvalue weighted by molar-refractivity contribution is -0.139. The van der Waals surface area contributed by atoms with Crippen molar-refractivity contribution in [1.29, 1.82) is 0 Å². The van der Waals surface area contributed by atoms with Crippen LogP contribution in [-0.2, 0) is 16.6 Å². The quantitative estimate of drug-likeness (QED) is 0.287. The maximum Gasteiger partial charge on any atom is 0.338 e. The Labute approximate surface area is 232 Å². The molecule has 1 unspecified atom stereocenters. The van der Waals surface area contributed by atoms with Crippen LogP contribution in [0.5, 0.6) is 5.75 Å². The van der Waals surface area contributed by atoms with Gasteiger partial charge in [0.2, 0.25) is 0 Å². The van der Waals surface area contributed by atoms with E-state index in [9.17, 15) is 9.59 Å². The number of aryl methyl sites for hydroxylation is 1. The normalized spacial score (nSPS) is 15.5. The summed E-state index contributed by atoms with van der Waals surface area (Å²) in [6, 6.07) is 13.0. The van der Waals surface area contributed by atoms with Crippen molar-refractivity contribution in [3.05, 3.63) is 95.2 Å². The molecular weight excluding hydrogens is 566 g/mol. The summed E-state index contributed by atoms with van der Waals surface area (Å²) in [6.07, 6.45) is 5.33. The molecule has 0 bridgehead atoms. The molecule has 0 radical (unpaired) electrons. The monoisotopic (exact) mass is 593 g/mol. The average Bonchev–Trinajstić information content (AvgIpc) is 3.39. The highest BCUT2D eigenvalue weighted by Gasteiger charge is 2.34. The minimum atomic E-state index is -0.677. The number of ether oxygens (including phenoxy) is 2. The first kappa shape index (κ1) is 26.2. The van der Waals surface area contributed by atoms with Crippen LogP contribution in [0.3, 0.4) is 0 Å². The van der Waals surface area contributed by atoms with Gasteiger partial charge in [0.05, 0.1) is 40.0 Å². The lowest BCUT2D eigenvalue weighted by Crippen LogP contribution is -2.40. The van der Waals surface area contributed by atoms with Crippen molar-refractivity contribution in [2.45, 2.75) is 32.7 Å². The number of benzene rings is 2. The lowest BCUT2D eigenvalue weighted by atomic mass is 9.94. The number of allylic oxidation sites excluding steroid dienone is 1. The van der Waals surface area contributed by atoms with Gasteiger partial charge in [-0.3, -0.25) is 9.36 Å². The molecule has 196 valence electrons. The molecule has 2 aromatic carbocycles. The SMILES string of the molecule is CCCC1=C(C(=O)OCC)C(c2ccc(OC)c(Br)c2)n2c(s/c(=C/c3cn(C)c4ccccc34)c2=O)=N1. The van der Waals surface area contributed by atoms with Crippen LogP contribution < -0.4 is 19.6 Å². The van der Waals surface area contributed by atoms with Gasteiger partial charge in [0.1, 0.15) is 5.75 Å². The van der Waals surface area contributed by atoms with Crippen molar-refractivity contribution < 1.29 is 14.3 Å². The van der Waals surface area contributed by atoms with E-state index >= 15 is 0 Å². The molecular formula is C29H28BrN3O4S. The number of halogens is 1. The molecule has 7 nitrogen and oxygen atoms in total. The number of fused-ring (bicyclic) bond motifs is 2. The molecule has 1 atom stereocenters. The highest BCUT2D eigenvalue weighted by atomic mass is 79.9. The Hall–Kier alpha value is -3.43. The van der Waals surface area contributed by atoms with Crippen LogP contribution in [0.4, 0.5) is 0 Å². The molecule has 0 saturated carbocycles. The number of nitrogens with zero attached hydrogens (tertiary/aromatic N) is 3. The molecule has 9 heteroatoms. The number of methoxy groups -OCH3 is 1. The highest BCUT2D eigenvalue weighted by Crippen LogP contribution is 2.36. The fourth-order valence-corrected chi connectivity index (χ4v) is 6.49. The van der Waals surface area contributed by atoms with Crippen LogP contribution in [0.15, 0.2) is 74.2 Å². The molecule has 3 heterocycles. The van der Waals surface area contributed by atoms with E-state index in [1.54, 1.807) is 18.6 Å². The van der Waals surface area contributed by atoms with Gasteiger partial charge in [-0.1, -0.05) is 48.9 Å². The summed E-state index contributed by atoms with van der Waals surface area (Å²) in [6.45, 7) is 4.04. The smallest absolute Gasteiger partial charge is 0.338 e. The first-order valence-corrected chi connectivity index (χ1v) is 14.1. The number of thiazole rings is 1. The van der Waals surface area contributed by atoms with Gasteiger partial charge in [0, 0.05) is 29.7 Å². The van der Waals surface area contributed by atoms with E-state index in [4.69, 9.17) is 14.5 Å². The summed E-state index contributed by atoms with van der Waals surface area (Å²) in [7, 11) is 3.59. The van der Waals surface area contributed by atoms with Crippen molar-refractivity contribution >= 4 is 50.2 Å². The molecule has 38 heavy (non-hydrogen) atoms.